The minimum Gasteiger partial charge on any atom is -0.369 e. The molecule has 2 heterocycles. The number of nitrogens with one attached hydrogen (secondary N) is 1. The van der Waals surface area contributed by atoms with Gasteiger partial charge in [0.25, 0.3) is 5.69 Å². The quantitative estimate of drug-likeness (QED) is 0.654. The zero-order chi connectivity index (χ0) is 19.5. The van der Waals surface area contributed by atoms with Crippen molar-refractivity contribution in [1.29, 1.82) is 0 Å². The first-order valence-electron chi connectivity index (χ1n) is 9.38. The molecule has 0 radical (unpaired) electrons. The fourth-order valence-corrected chi connectivity index (χ4v) is 3.50. The lowest BCUT2D eigenvalue weighted by atomic mass is 9.98. The third-order valence-corrected chi connectivity index (χ3v) is 5.23. The van der Waals surface area contributed by atoms with Gasteiger partial charge in [0.05, 0.1) is 11.5 Å². The summed E-state index contributed by atoms with van der Waals surface area (Å²) >= 11 is 0. The van der Waals surface area contributed by atoms with Crippen LogP contribution in [0.5, 0.6) is 0 Å². The summed E-state index contributed by atoms with van der Waals surface area (Å²) < 4.78 is 0. The number of rotatable bonds is 4. The predicted octanol–water partition coefficient (Wildman–Crippen LogP) is 3.23. The summed E-state index contributed by atoms with van der Waals surface area (Å²) in [7, 11) is 2.15. The van der Waals surface area contributed by atoms with Crippen molar-refractivity contribution in [2.45, 2.75) is 0 Å². The summed E-state index contributed by atoms with van der Waals surface area (Å²) in [5.74, 6) is 0. The van der Waals surface area contributed by atoms with E-state index in [2.05, 4.69) is 51.4 Å². The van der Waals surface area contributed by atoms with Gasteiger partial charge in [-0.2, -0.15) is 0 Å². The van der Waals surface area contributed by atoms with Crippen LogP contribution in [0.1, 0.15) is 11.1 Å². The van der Waals surface area contributed by atoms with E-state index in [1.54, 1.807) is 18.3 Å². The van der Waals surface area contributed by atoms with Crippen molar-refractivity contribution in [2.75, 3.05) is 50.0 Å². The van der Waals surface area contributed by atoms with Gasteiger partial charge in [0.15, 0.2) is 0 Å². The predicted molar refractivity (Wildman–Crippen MR) is 113 cm³/mol. The number of anilines is 2. The molecule has 2 aliphatic heterocycles. The van der Waals surface area contributed by atoms with E-state index in [1.807, 2.05) is 6.20 Å². The first kappa shape index (κ1) is 18.2. The summed E-state index contributed by atoms with van der Waals surface area (Å²) in [6.45, 7) is 4.75. The van der Waals surface area contributed by atoms with Gasteiger partial charge >= 0.3 is 0 Å². The Kier molecular flexibility index (Phi) is 5.08. The molecule has 0 bridgehead atoms. The van der Waals surface area contributed by atoms with Crippen LogP contribution in [0.4, 0.5) is 17.1 Å². The van der Waals surface area contributed by atoms with Gasteiger partial charge < -0.3 is 15.1 Å². The molecule has 0 aromatic heterocycles. The van der Waals surface area contributed by atoms with Crippen LogP contribution in [0.25, 0.3) is 5.57 Å². The average Bonchev–Trinajstić information content (AvgIpc) is 2.73. The molecule has 0 atom stereocenters. The van der Waals surface area contributed by atoms with Crippen molar-refractivity contribution in [1.82, 2.24) is 4.90 Å². The number of aliphatic imine (C=N–C) groups is 1. The highest BCUT2D eigenvalue weighted by atomic mass is 16.6. The van der Waals surface area contributed by atoms with E-state index >= 15 is 0 Å². The molecular formula is C21H23N5O2. The number of nitro benzene ring substituents is 1. The summed E-state index contributed by atoms with van der Waals surface area (Å²) in [6, 6.07) is 13.3. The zero-order valence-electron chi connectivity index (χ0n) is 15.8. The first-order valence-corrected chi connectivity index (χ1v) is 9.38. The van der Waals surface area contributed by atoms with Gasteiger partial charge in [-0.15, -0.1) is 0 Å². The summed E-state index contributed by atoms with van der Waals surface area (Å²) in [5, 5.41) is 14.4. The molecule has 1 N–H and O–H groups in total. The highest BCUT2D eigenvalue weighted by Gasteiger charge is 2.16. The fraction of sp³-hybridized carbons (Fsp3) is 0.286. The number of non-ortho nitro benzene ring substituents is 1. The van der Waals surface area contributed by atoms with Crippen LogP contribution in [0.15, 0.2) is 53.7 Å². The monoisotopic (exact) mass is 377 g/mol. The molecule has 144 valence electrons. The highest BCUT2D eigenvalue weighted by molar-refractivity contribution is 5.93. The molecule has 1 fully saturated rings. The number of hydrogen-bond acceptors (Lipinski definition) is 6. The van der Waals surface area contributed by atoms with Gasteiger partial charge in [-0.1, -0.05) is 0 Å². The topological polar surface area (TPSA) is 74.0 Å². The highest BCUT2D eigenvalue weighted by Crippen LogP contribution is 2.27. The molecule has 28 heavy (non-hydrogen) atoms. The lowest BCUT2D eigenvalue weighted by Gasteiger charge is -2.34. The van der Waals surface area contributed by atoms with Crippen LogP contribution in [0.3, 0.4) is 0 Å². The molecule has 0 saturated carbocycles. The molecule has 1 saturated heterocycles. The van der Waals surface area contributed by atoms with Crippen LogP contribution >= 0.6 is 0 Å². The molecule has 4 rings (SSSR count). The summed E-state index contributed by atoms with van der Waals surface area (Å²) in [5.41, 5.74) is 4.99. The van der Waals surface area contributed by atoms with Crippen molar-refractivity contribution in [2.24, 2.45) is 4.99 Å². The number of hydrogen-bond donors (Lipinski definition) is 1. The van der Waals surface area contributed by atoms with Crippen LogP contribution in [-0.4, -0.2) is 55.8 Å². The van der Waals surface area contributed by atoms with Crippen molar-refractivity contribution in [3.05, 3.63) is 69.9 Å². The van der Waals surface area contributed by atoms with E-state index < -0.39 is 0 Å². The van der Waals surface area contributed by atoms with Crippen molar-refractivity contribution in [3.8, 4) is 0 Å². The van der Waals surface area contributed by atoms with Gasteiger partial charge in [0, 0.05) is 67.7 Å². The molecule has 0 aliphatic carbocycles. The van der Waals surface area contributed by atoms with E-state index in [4.69, 9.17) is 0 Å². The largest absolute Gasteiger partial charge is 0.369 e. The Hall–Kier alpha value is -3.19. The summed E-state index contributed by atoms with van der Waals surface area (Å²) in [6.07, 6.45) is 3.66. The lowest BCUT2D eigenvalue weighted by molar-refractivity contribution is -0.384. The molecule has 0 spiro atoms. The van der Waals surface area contributed by atoms with Crippen LogP contribution in [-0.2, 0) is 0 Å². The van der Waals surface area contributed by atoms with E-state index in [-0.39, 0.29) is 10.6 Å². The minimum absolute atomic E-state index is 0.0940. The maximum Gasteiger partial charge on any atom is 0.270 e. The van der Waals surface area contributed by atoms with Gasteiger partial charge in [0.2, 0.25) is 0 Å². The Morgan fingerprint density at radius 2 is 1.86 bits per heavy atom. The Labute approximate surface area is 164 Å². The molecule has 7 nitrogen and oxygen atoms in total. The second kappa shape index (κ2) is 7.82. The van der Waals surface area contributed by atoms with Crippen molar-refractivity contribution < 1.29 is 4.92 Å². The molecule has 2 aromatic rings. The van der Waals surface area contributed by atoms with Crippen LogP contribution < -0.4 is 10.2 Å². The molecule has 7 heteroatoms. The van der Waals surface area contributed by atoms with E-state index in [1.165, 1.54) is 11.8 Å². The van der Waals surface area contributed by atoms with Crippen molar-refractivity contribution >= 4 is 28.8 Å². The van der Waals surface area contributed by atoms with Gasteiger partial charge in [-0.3, -0.25) is 15.1 Å². The van der Waals surface area contributed by atoms with E-state index in [9.17, 15) is 10.1 Å². The standard InChI is InChI=1S/C21H23N5O2/c1-24-8-10-25(11-9-24)19-6-3-18(4-7-19)23-15-17-14-22-13-16-2-5-20(26(27)28)12-21(16)17/h2-7,12-13,15,23H,8-11,14H2,1H3. The maximum atomic E-state index is 11.1. The van der Waals surface area contributed by atoms with Crippen LogP contribution in [0, 0.1) is 10.1 Å². The van der Waals surface area contributed by atoms with E-state index in [0.717, 1.165) is 48.6 Å². The maximum absolute atomic E-state index is 11.1. The normalized spacial score (nSPS) is 18.2. The van der Waals surface area contributed by atoms with Crippen LogP contribution in [0.2, 0.25) is 0 Å². The Morgan fingerprint density at radius 3 is 2.57 bits per heavy atom. The third kappa shape index (κ3) is 3.89. The third-order valence-electron chi connectivity index (χ3n) is 5.23. The molecule has 0 amide bonds. The Morgan fingerprint density at radius 1 is 1.11 bits per heavy atom. The number of likely N-dealkylation sites (N-methyl/N-ethyl adjacent to an activating group) is 1. The molecule has 2 aromatic carbocycles. The first-order chi connectivity index (χ1) is 13.6. The zero-order valence-corrected chi connectivity index (χ0v) is 15.8. The van der Waals surface area contributed by atoms with Gasteiger partial charge in [-0.05, 0) is 48.5 Å². The smallest absolute Gasteiger partial charge is 0.270 e. The Bertz CT molecular complexity index is 928. The molecular weight excluding hydrogens is 354 g/mol. The van der Waals surface area contributed by atoms with Gasteiger partial charge in [0.1, 0.15) is 0 Å². The SMILES string of the molecule is CN1CCN(c2ccc(NC=C3CN=Cc4ccc([N+](=O)[O-])cc43)cc2)CC1. The molecule has 2 aliphatic rings. The fourth-order valence-electron chi connectivity index (χ4n) is 3.50. The molecule has 0 unspecified atom stereocenters. The van der Waals surface area contributed by atoms with Gasteiger partial charge in [-0.25, -0.2) is 0 Å². The number of piperazine rings is 1. The van der Waals surface area contributed by atoms with Crippen molar-refractivity contribution in [3.63, 3.8) is 0 Å². The lowest BCUT2D eigenvalue weighted by Crippen LogP contribution is -2.44. The number of benzene rings is 2. The average molecular weight is 377 g/mol. The number of nitrogens with zero attached hydrogens (tertiary/aromatic N) is 4. The Balaban J connectivity index is 1.48. The number of fused-ring (bicyclic) bond motifs is 1. The summed E-state index contributed by atoms with van der Waals surface area (Å²) in [4.78, 5) is 19.8. The minimum atomic E-state index is -0.367. The van der Waals surface area contributed by atoms with E-state index in [0.29, 0.717) is 6.54 Å². The second-order valence-corrected chi connectivity index (χ2v) is 7.15. The number of nitro groups is 1. The second-order valence-electron chi connectivity index (χ2n) is 7.15.